The number of esters is 1. The van der Waals surface area contributed by atoms with Crippen molar-refractivity contribution in [2.45, 2.75) is 19.6 Å². The first-order valence-electron chi connectivity index (χ1n) is 9.30. The second kappa shape index (κ2) is 10.2. The fourth-order valence-electron chi connectivity index (χ4n) is 2.77. The molecule has 3 aromatic rings. The third-order valence-electron chi connectivity index (χ3n) is 4.42. The number of ether oxygens (including phenoxy) is 4. The molecular formula is C24H24O5. The summed E-state index contributed by atoms with van der Waals surface area (Å²) in [7, 11) is 3.25. The van der Waals surface area contributed by atoms with E-state index in [2.05, 4.69) is 0 Å². The number of carbonyl (C=O) groups is 1. The Balaban J connectivity index is 1.55. The van der Waals surface area contributed by atoms with Gasteiger partial charge in [0.25, 0.3) is 0 Å². The molecule has 0 fully saturated rings. The SMILES string of the molecule is COc1ccc(COC(=O)Cc2ccccc2OCc2ccc(OC)cc2)cc1. The molecule has 150 valence electrons. The third-order valence-corrected chi connectivity index (χ3v) is 4.42. The smallest absolute Gasteiger partial charge is 0.310 e. The van der Waals surface area contributed by atoms with E-state index in [1.807, 2.05) is 72.8 Å². The highest BCUT2D eigenvalue weighted by Gasteiger charge is 2.11. The Hall–Kier alpha value is -3.47. The number of para-hydroxylation sites is 1. The molecule has 0 unspecified atom stereocenters. The normalized spacial score (nSPS) is 10.3. The fourth-order valence-corrected chi connectivity index (χ4v) is 2.77. The van der Waals surface area contributed by atoms with Gasteiger partial charge in [-0.15, -0.1) is 0 Å². The maximum Gasteiger partial charge on any atom is 0.310 e. The van der Waals surface area contributed by atoms with Crippen molar-refractivity contribution in [3.05, 3.63) is 89.5 Å². The predicted molar refractivity (Wildman–Crippen MR) is 110 cm³/mol. The lowest BCUT2D eigenvalue weighted by atomic mass is 10.1. The number of hydrogen-bond acceptors (Lipinski definition) is 5. The van der Waals surface area contributed by atoms with Crippen LogP contribution in [0.3, 0.4) is 0 Å². The third kappa shape index (κ3) is 6.01. The average molecular weight is 392 g/mol. The van der Waals surface area contributed by atoms with Crippen LogP contribution < -0.4 is 14.2 Å². The summed E-state index contributed by atoms with van der Waals surface area (Å²) in [5.74, 6) is 1.93. The molecule has 0 aliphatic rings. The van der Waals surface area contributed by atoms with Crippen LogP contribution in [0.2, 0.25) is 0 Å². The first kappa shape index (κ1) is 20.3. The van der Waals surface area contributed by atoms with Crippen LogP contribution in [0.25, 0.3) is 0 Å². The first-order valence-corrected chi connectivity index (χ1v) is 9.30. The number of hydrogen-bond donors (Lipinski definition) is 0. The van der Waals surface area contributed by atoms with E-state index in [4.69, 9.17) is 18.9 Å². The van der Waals surface area contributed by atoms with Gasteiger partial charge in [-0.25, -0.2) is 0 Å². The minimum atomic E-state index is -0.304. The maximum absolute atomic E-state index is 12.3. The molecule has 3 rings (SSSR count). The minimum Gasteiger partial charge on any atom is -0.497 e. The average Bonchev–Trinajstić information content (AvgIpc) is 2.78. The van der Waals surface area contributed by atoms with Gasteiger partial charge in [-0.1, -0.05) is 42.5 Å². The quantitative estimate of drug-likeness (QED) is 0.500. The first-order chi connectivity index (χ1) is 14.2. The second-order valence-electron chi connectivity index (χ2n) is 6.43. The molecule has 5 heteroatoms. The Morgan fingerprint density at radius 1 is 0.724 bits per heavy atom. The van der Waals surface area contributed by atoms with Crippen LogP contribution in [-0.4, -0.2) is 20.2 Å². The van der Waals surface area contributed by atoms with E-state index in [0.717, 1.165) is 28.2 Å². The van der Waals surface area contributed by atoms with Crippen LogP contribution in [0.15, 0.2) is 72.8 Å². The highest BCUT2D eigenvalue weighted by atomic mass is 16.5. The van der Waals surface area contributed by atoms with Gasteiger partial charge in [0.2, 0.25) is 0 Å². The van der Waals surface area contributed by atoms with E-state index < -0.39 is 0 Å². The molecule has 0 bridgehead atoms. The van der Waals surface area contributed by atoms with Gasteiger partial charge < -0.3 is 18.9 Å². The molecule has 0 saturated heterocycles. The van der Waals surface area contributed by atoms with Gasteiger partial charge in [0.15, 0.2) is 0 Å². The molecule has 0 saturated carbocycles. The van der Waals surface area contributed by atoms with Crippen LogP contribution in [0.4, 0.5) is 0 Å². The van der Waals surface area contributed by atoms with Crippen molar-refractivity contribution in [2.75, 3.05) is 14.2 Å². The van der Waals surface area contributed by atoms with Gasteiger partial charge in [-0.3, -0.25) is 4.79 Å². The summed E-state index contributed by atoms with van der Waals surface area (Å²) in [6.07, 6.45) is 0.148. The summed E-state index contributed by atoms with van der Waals surface area (Å²) in [6, 6.07) is 22.6. The number of benzene rings is 3. The van der Waals surface area contributed by atoms with Gasteiger partial charge in [-0.2, -0.15) is 0 Å². The Bertz CT molecular complexity index is 917. The Morgan fingerprint density at radius 3 is 1.86 bits per heavy atom. The minimum absolute atomic E-state index is 0.148. The second-order valence-corrected chi connectivity index (χ2v) is 6.43. The van der Waals surface area contributed by atoms with Crippen LogP contribution in [0, 0.1) is 0 Å². The summed E-state index contributed by atoms with van der Waals surface area (Å²) >= 11 is 0. The number of carbonyl (C=O) groups excluding carboxylic acids is 1. The lowest BCUT2D eigenvalue weighted by Crippen LogP contribution is -2.09. The van der Waals surface area contributed by atoms with Crippen molar-refractivity contribution in [3.8, 4) is 17.2 Å². The molecular weight excluding hydrogens is 368 g/mol. The zero-order valence-electron chi connectivity index (χ0n) is 16.6. The van der Waals surface area contributed by atoms with E-state index >= 15 is 0 Å². The molecule has 0 heterocycles. The zero-order valence-corrected chi connectivity index (χ0v) is 16.6. The van der Waals surface area contributed by atoms with Crippen molar-refractivity contribution in [1.29, 1.82) is 0 Å². The monoisotopic (exact) mass is 392 g/mol. The zero-order chi connectivity index (χ0) is 20.5. The largest absolute Gasteiger partial charge is 0.497 e. The summed E-state index contributed by atoms with van der Waals surface area (Å²) in [6.45, 7) is 0.625. The van der Waals surface area contributed by atoms with Gasteiger partial charge >= 0.3 is 5.97 Å². The Morgan fingerprint density at radius 2 is 1.28 bits per heavy atom. The molecule has 5 nitrogen and oxygen atoms in total. The van der Waals surface area contributed by atoms with E-state index in [0.29, 0.717) is 12.4 Å². The maximum atomic E-state index is 12.3. The van der Waals surface area contributed by atoms with E-state index in [-0.39, 0.29) is 19.0 Å². The summed E-state index contributed by atoms with van der Waals surface area (Å²) in [5.41, 5.74) is 2.71. The highest BCUT2D eigenvalue weighted by Crippen LogP contribution is 2.21. The van der Waals surface area contributed by atoms with E-state index in [9.17, 15) is 4.79 Å². The van der Waals surface area contributed by atoms with Crippen LogP contribution in [-0.2, 0) is 29.2 Å². The molecule has 3 aromatic carbocycles. The molecule has 0 radical (unpaired) electrons. The van der Waals surface area contributed by atoms with Crippen molar-refractivity contribution >= 4 is 5.97 Å². The van der Waals surface area contributed by atoms with Gasteiger partial charge in [0.1, 0.15) is 30.5 Å². The number of methoxy groups -OCH3 is 2. The van der Waals surface area contributed by atoms with Crippen LogP contribution in [0.1, 0.15) is 16.7 Å². The molecule has 0 atom stereocenters. The van der Waals surface area contributed by atoms with Crippen molar-refractivity contribution < 1.29 is 23.7 Å². The molecule has 0 amide bonds. The Kier molecular flexibility index (Phi) is 7.11. The molecule has 0 aliphatic carbocycles. The summed E-state index contributed by atoms with van der Waals surface area (Å²) in [5, 5.41) is 0. The van der Waals surface area contributed by atoms with Crippen LogP contribution in [0.5, 0.6) is 17.2 Å². The van der Waals surface area contributed by atoms with Crippen LogP contribution >= 0.6 is 0 Å². The molecule has 29 heavy (non-hydrogen) atoms. The van der Waals surface area contributed by atoms with E-state index in [1.54, 1.807) is 14.2 Å². The summed E-state index contributed by atoms with van der Waals surface area (Å²) in [4.78, 5) is 12.3. The number of rotatable bonds is 9. The van der Waals surface area contributed by atoms with Crippen molar-refractivity contribution in [2.24, 2.45) is 0 Å². The fraction of sp³-hybridized carbons (Fsp3) is 0.208. The van der Waals surface area contributed by atoms with Gasteiger partial charge in [0, 0.05) is 5.56 Å². The van der Waals surface area contributed by atoms with Gasteiger partial charge in [0.05, 0.1) is 20.6 Å². The topological polar surface area (TPSA) is 54.0 Å². The Labute approximate surface area is 170 Å². The molecule has 0 aliphatic heterocycles. The van der Waals surface area contributed by atoms with Crippen molar-refractivity contribution in [3.63, 3.8) is 0 Å². The highest BCUT2D eigenvalue weighted by molar-refractivity contribution is 5.73. The molecule has 0 N–H and O–H groups in total. The lowest BCUT2D eigenvalue weighted by Gasteiger charge is -2.12. The molecule has 0 spiro atoms. The van der Waals surface area contributed by atoms with Crippen molar-refractivity contribution in [1.82, 2.24) is 0 Å². The summed E-state index contributed by atoms with van der Waals surface area (Å²) < 4.78 is 21.6. The lowest BCUT2D eigenvalue weighted by molar-refractivity contribution is -0.144. The molecule has 0 aromatic heterocycles. The predicted octanol–water partition coefficient (Wildman–Crippen LogP) is 4.57. The standard InChI is InChI=1S/C24H24O5/c1-26-21-11-7-18(8-12-21)16-28-23-6-4-3-5-20(23)15-24(25)29-17-19-9-13-22(27-2)14-10-19/h3-14H,15-17H2,1-2H3. The van der Waals surface area contributed by atoms with Gasteiger partial charge in [-0.05, 0) is 41.5 Å². The van der Waals surface area contributed by atoms with E-state index in [1.165, 1.54) is 0 Å².